The van der Waals surface area contributed by atoms with Gasteiger partial charge in [0, 0.05) is 58.0 Å². The number of aromatic nitrogens is 1. The van der Waals surface area contributed by atoms with Gasteiger partial charge in [0.25, 0.3) is 5.56 Å². The second kappa shape index (κ2) is 7.95. The first-order valence-electron chi connectivity index (χ1n) is 10.4. The van der Waals surface area contributed by atoms with E-state index in [2.05, 4.69) is 9.80 Å². The Morgan fingerprint density at radius 3 is 2.38 bits per heavy atom. The number of nitrogens with zero attached hydrogens (tertiary/aromatic N) is 3. The number of amides is 1. The Morgan fingerprint density at radius 1 is 0.962 bits per heavy atom. The molecule has 3 fully saturated rings. The molecule has 0 aromatic carbocycles. The number of hydrogen-bond donors (Lipinski definition) is 0. The van der Waals surface area contributed by atoms with E-state index in [-0.39, 0.29) is 5.56 Å². The Hall–Kier alpha value is -1.62. The molecule has 142 valence electrons. The van der Waals surface area contributed by atoms with Gasteiger partial charge in [-0.05, 0) is 43.1 Å². The third-order valence-corrected chi connectivity index (χ3v) is 6.27. The van der Waals surface area contributed by atoms with E-state index in [0.717, 1.165) is 45.7 Å². The highest BCUT2D eigenvalue weighted by Crippen LogP contribution is 2.30. The van der Waals surface area contributed by atoms with Crippen LogP contribution < -0.4 is 5.56 Å². The standard InChI is InChI=1S/C21H31N3O2/c25-20-8-7-19(16-24(20)15-18-5-6-18)14-22-9-11-23(12-10-22)21(26)13-17-3-1-2-4-17/h7-8,16-18H,1-6,9-15H2. The molecule has 26 heavy (non-hydrogen) atoms. The molecule has 2 aliphatic carbocycles. The van der Waals surface area contributed by atoms with E-state index in [1.807, 2.05) is 16.8 Å². The second-order valence-electron chi connectivity index (χ2n) is 8.48. The molecule has 1 amide bonds. The molecule has 5 nitrogen and oxygen atoms in total. The van der Waals surface area contributed by atoms with Gasteiger partial charge in [-0.15, -0.1) is 0 Å². The SMILES string of the molecule is O=C(CC1CCCC1)N1CCN(Cc2ccc(=O)n(CC3CC3)c2)CC1. The molecule has 2 saturated carbocycles. The molecule has 1 aliphatic heterocycles. The first kappa shape index (κ1) is 17.8. The van der Waals surface area contributed by atoms with Gasteiger partial charge in [0.2, 0.25) is 5.91 Å². The molecule has 0 bridgehead atoms. The summed E-state index contributed by atoms with van der Waals surface area (Å²) in [6.45, 7) is 5.28. The summed E-state index contributed by atoms with van der Waals surface area (Å²) in [6, 6.07) is 3.67. The lowest BCUT2D eigenvalue weighted by Crippen LogP contribution is -2.48. The zero-order valence-corrected chi connectivity index (χ0v) is 15.7. The van der Waals surface area contributed by atoms with Crippen LogP contribution in [0.15, 0.2) is 23.1 Å². The summed E-state index contributed by atoms with van der Waals surface area (Å²) >= 11 is 0. The van der Waals surface area contributed by atoms with Crippen LogP contribution in [-0.4, -0.2) is 46.5 Å². The fraction of sp³-hybridized carbons (Fsp3) is 0.714. The maximum atomic E-state index is 12.5. The summed E-state index contributed by atoms with van der Waals surface area (Å²) in [4.78, 5) is 28.9. The van der Waals surface area contributed by atoms with Gasteiger partial charge in [0.15, 0.2) is 0 Å². The molecule has 3 aliphatic rings. The highest BCUT2D eigenvalue weighted by Gasteiger charge is 2.25. The van der Waals surface area contributed by atoms with Gasteiger partial charge >= 0.3 is 0 Å². The minimum atomic E-state index is 0.114. The minimum Gasteiger partial charge on any atom is -0.340 e. The van der Waals surface area contributed by atoms with Crippen molar-refractivity contribution in [3.8, 4) is 0 Å². The number of hydrogen-bond acceptors (Lipinski definition) is 3. The van der Waals surface area contributed by atoms with Gasteiger partial charge in [-0.25, -0.2) is 0 Å². The number of carbonyl (C=O) groups is 1. The van der Waals surface area contributed by atoms with Crippen LogP contribution in [0.3, 0.4) is 0 Å². The average molecular weight is 357 g/mol. The van der Waals surface area contributed by atoms with E-state index in [1.165, 1.54) is 44.1 Å². The van der Waals surface area contributed by atoms with E-state index in [4.69, 9.17) is 0 Å². The Morgan fingerprint density at radius 2 is 1.69 bits per heavy atom. The maximum absolute atomic E-state index is 12.5. The molecular weight excluding hydrogens is 326 g/mol. The van der Waals surface area contributed by atoms with Crippen molar-refractivity contribution in [3.05, 3.63) is 34.2 Å². The normalized spacial score (nSPS) is 22.1. The highest BCUT2D eigenvalue weighted by molar-refractivity contribution is 5.76. The van der Waals surface area contributed by atoms with Crippen molar-refractivity contribution in [1.82, 2.24) is 14.4 Å². The zero-order valence-electron chi connectivity index (χ0n) is 15.7. The Balaban J connectivity index is 1.27. The van der Waals surface area contributed by atoms with Gasteiger partial charge < -0.3 is 9.47 Å². The predicted octanol–water partition coefficient (Wildman–Crippen LogP) is 2.48. The zero-order chi connectivity index (χ0) is 17.9. The molecule has 0 spiro atoms. The third kappa shape index (κ3) is 4.56. The quantitative estimate of drug-likeness (QED) is 0.786. The summed E-state index contributed by atoms with van der Waals surface area (Å²) in [5.74, 6) is 1.69. The lowest BCUT2D eigenvalue weighted by molar-refractivity contribution is -0.134. The average Bonchev–Trinajstić information content (AvgIpc) is 3.31. The van der Waals surface area contributed by atoms with Gasteiger partial charge in [0.05, 0.1) is 0 Å². The molecule has 0 atom stereocenters. The molecule has 4 rings (SSSR count). The van der Waals surface area contributed by atoms with Crippen molar-refractivity contribution < 1.29 is 4.79 Å². The van der Waals surface area contributed by atoms with Crippen LogP contribution in [-0.2, 0) is 17.9 Å². The van der Waals surface area contributed by atoms with Crippen molar-refractivity contribution in [2.24, 2.45) is 11.8 Å². The maximum Gasteiger partial charge on any atom is 0.250 e. The highest BCUT2D eigenvalue weighted by atomic mass is 16.2. The van der Waals surface area contributed by atoms with Crippen LogP contribution in [0.4, 0.5) is 0 Å². The van der Waals surface area contributed by atoms with E-state index < -0.39 is 0 Å². The monoisotopic (exact) mass is 357 g/mol. The van der Waals surface area contributed by atoms with Gasteiger partial charge in [0.1, 0.15) is 0 Å². The lowest BCUT2D eigenvalue weighted by atomic mass is 10.0. The van der Waals surface area contributed by atoms with Crippen LogP contribution in [0.2, 0.25) is 0 Å². The fourth-order valence-electron chi connectivity index (χ4n) is 4.40. The van der Waals surface area contributed by atoms with Crippen molar-refractivity contribution in [2.45, 2.75) is 58.0 Å². The molecule has 0 radical (unpaired) electrons. The topological polar surface area (TPSA) is 45.6 Å². The summed E-state index contributed by atoms with van der Waals surface area (Å²) in [6.07, 6.45) is 10.4. The summed E-state index contributed by atoms with van der Waals surface area (Å²) in [5.41, 5.74) is 1.32. The molecule has 1 aromatic heterocycles. The van der Waals surface area contributed by atoms with Gasteiger partial charge in [-0.2, -0.15) is 0 Å². The van der Waals surface area contributed by atoms with E-state index in [9.17, 15) is 9.59 Å². The number of rotatable bonds is 6. The minimum absolute atomic E-state index is 0.114. The molecule has 1 aromatic rings. The van der Waals surface area contributed by atoms with E-state index in [0.29, 0.717) is 17.7 Å². The molecule has 0 unspecified atom stereocenters. The molecular formula is C21H31N3O2. The van der Waals surface area contributed by atoms with Crippen molar-refractivity contribution in [1.29, 1.82) is 0 Å². The predicted molar refractivity (Wildman–Crippen MR) is 102 cm³/mol. The number of pyridine rings is 1. The van der Waals surface area contributed by atoms with Crippen LogP contribution >= 0.6 is 0 Å². The van der Waals surface area contributed by atoms with Crippen molar-refractivity contribution >= 4 is 5.91 Å². The number of carbonyl (C=O) groups excluding carboxylic acids is 1. The first-order valence-corrected chi connectivity index (χ1v) is 10.4. The fourth-order valence-corrected chi connectivity index (χ4v) is 4.40. The summed E-state index contributed by atoms with van der Waals surface area (Å²) in [7, 11) is 0. The third-order valence-electron chi connectivity index (χ3n) is 6.27. The summed E-state index contributed by atoms with van der Waals surface area (Å²) in [5, 5.41) is 0. The first-order chi connectivity index (χ1) is 12.7. The van der Waals surface area contributed by atoms with Gasteiger partial charge in [-0.1, -0.05) is 18.9 Å². The van der Waals surface area contributed by atoms with Crippen molar-refractivity contribution in [3.63, 3.8) is 0 Å². The molecule has 5 heteroatoms. The molecule has 2 heterocycles. The van der Waals surface area contributed by atoms with E-state index >= 15 is 0 Å². The Kier molecular flexibility index (Phi) is 5.44. The second-order valence-corrected chi connectivity index (χ2v) is 8.48. The Bertz CT molecular complexity index is 681. The molecule has 0 N–H and O–H groups in total. The lowest BCUT2D eigenvalue weighted by Gasteiger charge is -2.35. The van der Waals surface area contributed by atoms with Crippen LogP contribution in [0.5, 0.6) is 0 Å². The van der Waals surface area contributed by atoms with Crippen LogP contribution in [0.1, 0.15) is 50.5 Å². The van der Waals surface area contributed by atoms with Gasteiger partial charge in [-0.3, -0.25) is 14.5 Å². The van der Waals surface area contributed by atoms with Crippen LogP contribution in [0.25, 0.3) is 0 Å². The molecule has 1 saturated heterocycles. The smallest absolute Gasteiger partial charge is 0.250 e. The summed E-state index contributed by atoms with van der Waals surface area (Å²) < 4.78 is 1.88. The largest absolute Gasteiger partial charge is 0.340 e. The Labute approximate surface area is 156 Å². The number of piperazine rings is 1. The van der Waals surface area contributed by atoms with Crippen LogP contribution in [0, 0.1) is 11.8 Å². The van der Waals surface area contributed by atoms with E-state index in [1.54, 1.807) is 6.07 Å². The van der Waals surface area contributed by atoms with Crippen molar-refractivity contribution in [2.75, 3.05) is 26.2 Å².